The lowest BCUT2D eigenvalue weighted by Crippen LogP contribution is -2.49. The molecule has 0 saturated carbocycles. The van der Waals surface area contributed by atoms with Crippen molar-refractivity contribution in [2.45, 2.75) is 45.4 Å². The molecule has 2 N–H and O–H groups in total. The molecule has 2 unspecified atom stereocenters. The van der Waals surface area contributed by atoms with E-state index in [-0.39, 0.29) is 0 Å². The van der Waals surface area contributed by atoms with E-state index in [1.165, 1.54) is 18.9 Å². The SMILES string of the molecule is C#Cc1ccccc1C(C(=O)Nc1ccc(OC)cc1)N(C)C(=O)C(C)NC(=O)OC(C)(C)C. The van der Waals surface area contributed by atoms with Gasteiger partial charge in [-0.3, -0.25) is 9.59 Å². The summed E-state index contributed by atoms with van der Waals surface area (Å²) in [6.45, 7) is 6.69. The molecule has 0 heterocycles. The minimum absolute atomic E-state index is 0.465. The Morgan fingerprint density at radius 2 is 1.68 bits per heavy atom. The predicted octanol–water partition coefficient (Wildman–Crippen LogP) is 3.73. The quantitative estimate of drug-likeness (QED) is 0.608. The molecule has 0 saturated heterocycles. The average Bonchev–Trinajstić information content (AvgIpc) is 2.78. The Labute approximate surface area is 200 Å². The zero-order valence-electron chi connectivity index (χ0n) is 20.3. The fourth-order valence-electron chi connectivity index (χ4n) is 3.26. The van der Waals surface area contributed by atoms with E-state index in [1.807, 2.05) is 0 Å². The van der Waals surface area contributed by atoms with Gasteiger partial charge < -0.3 is 25.0 Å². The van der Waals surface area contributed by atoms with Crippen LogP contribution in [-0.4, -0.2) is 48.6 Å². The maximum Gasteiger partial charge on any atom is 0.408 e. The second kappa shape index (κ2) is 11.2. The highest BCUT2D eigenvalue weighted by atomic mass is 16.6. The molecule has 8 nitrogen and oxygen atoms in total. The molecular formula is C26H31N3O5. The summed E-state index contributed by atoms with van der Waals surface area (Å²) in [6, 6.07) is 11.7. The molecule has 3 amide bonds. The summed E-state index contributed by atoms with van der Waals surface area (Å²) in [4.78, 5) is 40.0. The molecule has 0 bridgehead atoms. The zero-order chi connectivity index (χ0) is 25.5. The van der Waals surface area contributed by atoms with Crippen LogP contribution in [0.15, 0.2) is 48.5 Å². The highest BCUT2D eigenvalue weighted by Gasteiger charge is 2.33. The van der Waals surface area contributed by atoms with Gasteiger partial charge in [0.2, 0.25) is 5.91 Å². The Bertz CT molecular complexity index is 1070. The topological polar surface area (TPSA) is 97.0 Å². The lowest BCUT2D eigenvalue weighted by molar-refractivity contribution is -0.138. The Morgan fingerprint density at radius 1 is 1.06 bits per heavy atom. The number of nitrogens with one attached hydrogen (secondary N) is 2. The van der Waals surface area contributed by atoms with E-state index in [2.05, 4.69) is 16.6 Å². The third kappa shape index (κ3) is 7.01. The number of likely N-dealkylation sites (N-methyl/N-ethyl adjacent to an activating group) is 1. The van der Waals surface area contributed by atoms with Crippen LogP contribution in [0.1, 0.15) is 44.9 Å². The van der Waals surface area contributed by atoms with Gasteiger partial charge in [0.1, 0.15) is 23.4 Å². The van der Waals surface area contributed by atoms with Gasteiger partial charge in [0, 0.05) is 18.3 Å². The summed E-state index contributed by atoms with van der Waals surface area (Å²) in [5, 5.41) is 5.34. The molecule has 2 rings (SSSR count). The van der Waals surface area contributed by atoms with E-state index in [0.29, 0.717) is 22.6 Å². The van der Waals surface area contributed by atoms with Gasteiger partial charge in [0.15, 0.2) is 0 Å². The standard InChI is InChI=1S/C26H31N3O5/c1-8-18-11-9-10-12-21(18)22(23(30)28-19-13-15-20(33-7)16-14-19)29(6)24(31)17(2)27-25(32)34-26(3,4)5/h1,9-17,22H,2-7H3,(H,27,32)(H,28,30). The van der Waals surface area contributed by atoms with Crippen LogP contribution in [0.3, 0.4) is 0 Å². The van der Waals surface area contributed by atoms with Gasteiger partial charge in [-0.2, -0.15) is 0 Å². The maximum atomic E-state index is 13.4. The molecule has 180 valence electrons. The fraction of sp³-hybridized carbons (Fsp3) is 0.346. The number of terminal acetylenes is 1. The highest BCUT2D eigenvalue weighted by molar-refractivity contribution is 5.99. The molecular weight excluding hydrogens is 434 g/mol. The Morgan fingerprint density at radius 3 is 2.24 bits per heavy atom. The molecule has 34 heavy (non-hydrogen) atoms. The molecule has 0 aliphatic heterocycles. The van der Waals surface area contributed by atoms with Gasteiger partial charge in [-0.15, -0.1) is 6.42 Å². The summed E-state index contributed by atoms with van der Waals surface area (Å²) in [7, 11) is 3.04. The molecule has 0 aliphatic rings. The number of anilines is 1. The van der Waals surface area contributed by atoms with Crippen LogP contribution >= 0.6 is 0 Å². The molecule has 0 aliphatic carbocycles. The number of amides is 3. The van der Waals surface area contributed by atoms with E-state index in [0.717, 1.165) is 0 Å². The molecule has 2 atom stereocenters. The van der Waals surface area contributed by atoms with Gasteiger partial charge >= 0.3 is 6.09 Å². The second-order valence-electron chi connectivity index (χ2n) is 8.67. The van der Waals surface area contributed by atoms with Crippen LogP contribution in [0, 0.1) is 12.3 Å². The lowest BCUT2D eigenvalue weighted by Gasteiger charge is -2.31. The van der Waals surface area contributed by atoms with Crippen molar-refractivity contribution < 1.29 is 23.9 Å². The largest absolute Gasteiger partial charge is 0.497 e. The molecule has 0 radical (unpaired) electrons. The van der Waals surface area contributed by atoms with E-state index in [9.17, 15) is 14.4 Å². The number of rotatable bonds is 7. The minimum atomic E-state index is -1.05. The number of hydrogen-bond donors (Lipinski definition) is 2. The molecule has 0 spiro atoms. The van der Waals surface area contributed by atoms with Crippen LogP contribution in [-0.2, 0) is 14.3 Å². The van der Waals surface area contributed by atoms with Crippen LogP contribution in [0.2, 0.25) is 0 Å². The number of nitrogens with zero attached hydrogens (tertiary/aromatic N) is 1. The van der Waals surface area contributed by atoms with Gasteiger partial charge in [-0.05, 0) is 63.6 Å². The summed E-state index contributed by atoms with van der Waals surface area (Å²) in [6.07, 6.45) is 4.93. The van der Waals surface area contributed by atoms with Crippen molar-refractivity contribution in [2.75, 3.05) is 19.5 Å². The third-order valence-electron chi connectivity index (χ3n) is 4.86. The summed E-state index contributed by atoms with van der Waals surface area (Å²) in [5.74, 6) is 2.25. The van der Waals surface area contributed by atoms with E-state index in [1.54, 1.807) is 76.4 Å². The van der Waals surface area contributed by atoms with Gasteiger partial charge in [0.25, 0.3) is 5.91 Å². The van der Waals surface area contributed by atoms with Crippen LogP contribution in [0.5, 0.6) is 5.75 Å². The first-order chi connectivity index (χ1) is 16.0. The number of carbonyl (C=O) groups is 3. The lowest BCUT2D eigenvalue weighted by atomic mass is 9.98. The number of alkyl carbamates (subject to hydrolysis) is 1. The smallest absolute Gasteiger partial charge is 0.408 e. The van der Waals surface area contributed by atoms with Crippen molar-refractivity contribution in [1.82, 2.24) is 10.2 Å². The van der Waals surface area contributed by atoms with Crippen LogP contribution < -0.4 is 15.4 Å². The average molecular weight is 466 g/mol. The number of ether oxygens (including phenoxy) is 2. The van der Waals surface area contributed by atoms with Crippen molar-refractivity contribution in [3.05, 3.63) is 59.7 Å². The first-order valence-electron chi connectivity index (χ1n) is 10.7. The molecule has 2 aromatic rings. The van der Waals surface area contributed by atoms with Crippen molar-refractivity contribution in [1.29, 1.82) is 0 Å². The Kier molecular flexibility index (Phi) is 8.68. The van der Waals surface area contributed by atoms with Crippen molar-refractivity contribution in [3.8, 4) is 18.1 Å². The number of carbonyl (C=O) groups excluding carboxylic acids is 3. The molecule has 0 aromatic heterocycles. The fourth-order valence-corrected chi connectivity index (χ4v) is 3.26. The molecule has 2 aromatic carbocycles. The van der Waals surface area contributed by atoms with Gasteiger partial charge in [-0.25, -0.2) is 4.79 Å². The number of benzene rings is 2. The van der Waals surface area contributed by atoms with E-state index < -0.39 is 35.6 Å². The van der Waals surface area contributed by atoms with Crippen molar-refractivity contribution in [2.24, 2.45) is 0 Å². The second-order valence-corrected chi connectivity index (χ2v) is 8.67. The van der Waals surface area contributed by atoms with E-state index in [4.69, 9.17) is 15.9 Å². The first-order valence-corrected chi connectivity index (χ1v) is 10.7. The summed E-state index contributed by atoms with van der Waals surface area (Å²) < 4.78 is 10.4. The number of hydrogen-bond acceptors (Lipinski definition) is 5. The summed E-state index contributed by atoms with van der Waals surface area (Å²) in [5.41, 5.74) is 0.765. The Hall–Kier alpha value is -3.99. The summed E-state index contributed by atoms with van der Waals surface area (Å²) >= 11 is 0. The first kappa shape index (κ1) is 26.3. The molecule has 0 fully saturated rings. The van der Waals surface area contributed by atoms with E-state index >= 15 is 0 Å². The van der Waals surface area contributed by atoms with Crippen LogP contribution in [0.4, 0.5) is 10.5 Å². The number of methoxy groups -OCH3 is 1. The van der Waals surface area contributed by atoms with Gasteiger partial charge in [0.05, 0.1) is 7.11 Å². The Balaban J connectivity index is 2.33. The third-order valence-corrected chi connectivity index (χ3v) is 4.86. The molecule has 8 heteroatoms. The predicted molar refractivity (Wildman–Crippen MR) is 130 cm³/mol. The monoisotopic (exact) mass is 465 g/mol. The normalized spacial score (nSPS) is 12.5. The maximum absolute atomic E-state index is 13.4. The minimum Gasteiger partial charge on any atom is -0.497 e. The van der Waals surface area contributed by atoms with Gasteiger partial charge in [-0.1, -0.05) is 24.1 Å². The zero-order valence-corrected chi connectivity index (χ0v) is 20.3. The van der Waals surface area contributed by atoms with Crippen molar-refractivity contribution in [3.63, 3.8) is 0 Å². The highest BCUT2D eigenvalue weighted by Crippen LogP contribution is 2.26. The van der Waals surface area contributed by atoms with Crippen molar-refractivity contribution >= 4 is 23.6 Å². The van der Waals surface area contributed by atoms with Crippen LogP contribution in [0.25, 0.3) is 0 Å².